The number of amides is 2. The Balaban J connectivity index is 1.27. The average Bonchev–Trinajstić information content (AvgIpc) is 3.65. The van der Waals surface area contributed by atoms with Crippen LogP contribution in [0.25, 0.3) is 0 Å². The maximum Gasteiger partial charge on any atom is 0.352 e. The van der Waals surface area contributed by atoms with E-state index in [1.807, 2.05) is 0 Å². The molecule has 0 spiro atoms. The number of halogens is 1. The van der Waals surface area contributed by atoms with Crippen molar-refractivity contribution in [2.24, 2.45) is 5.16 Å². The summed E-state index contributed by atoms with van der Waals surface area (Å²) in [6, 6.07) is 4.37. The third kappa shape index (κ3) is 7.05. The summed E-state index contributed by atoms with van der Waals surface area (Å²) >= 11 is 3.28. The van der Waals surface area contributed by atoms with Crippen LogP contribution >= 0.6 is 34.9 Å². The molecule has 3 atom stereocenters. The summed E-state index contributed by atoms with van der Waals surface area (Å²) in [5, 5.41) is 46.9. The summed E-state index contributed by atoms with van der Waals surface area (Å²) in [5.41, 5.74) is 6.25. The van der Waals surface area contributed by atoms with Crippen molar-refractivity contribution in [3.8, 4) is 0 Å². The largest absolute Gasteiger partial charge is 0.479 e. The third-order valence-electron chi connectivity index (χ3n) is 6.32. The number of rotatable bonds is 13. The SMILES string of the molecule is Nc1nc(C(=NOCc2ccc(F)cc2)C(=O)NC2C(=O)N3C(C(=O)O)=C(CSc4nnnn4CC(O)C(=O)O)CS[C@@H]23)cs1. The number of carboxylic acids is 2. The van der Waals surface area contributed by atoms with E-state index in [0.717, 1.165) is 32.7 Å². The number of nitrogen functional groups attached to an aromatic ring is 1. The van der Waals surface area contributed by atoms with E-state index in [1.54, 1.807) is 0 Å². The van der Waals surface area contributed by atoms with Gasteiger partial charge in [0.1, 0.15) is 35.2 Å². The van der Waals surface area contributed by atoms with Crippen LogP contribution in [0.5, 0.6) is 0 Å². The number of nitrogens with two attached hydrogens (primary N) is 1. The van der Waals surface area contributed by atoms with E-state index in [9.17, 15) is 33.8 Å². The number of benzene rings is 1. The number of tetrazole rings is 1. The van der Waals surface area contributed by atoms with Gasteiger partial charge in [-0.05, 0) is 33.7 Å². The number of thioether (sulfide) groups is 2. The molecule has 0 saturated carbocycles. The number of nitrogens with one attached hydrogen (secondary N) is 1. The Bertz CT molecular complexity index is 1700. The zero-order valence-corrected chi connectivity index (χ0v) is 25.1. The normalized spacial score (nSPS) is 18.7. The quantitative estimate of drug-likeness (QED) is 0.0676. The molecular formula is C24H22FN9O8S3. The fourth-order valence-electron chi connectivity index (χ4n) is 4.16. The lowest BCUT2D eigenvalue weighted by molar-refractivity contribution is -0.150. The first kappa shape index (κ1) is 31.8. The van der Waals surface area contributed by atoms with Crippen LogP contribution in [0.15, 0.2) is 51.2 Å². The molecular weight excluding hydrogens is 658 g/mol. The summed E-state index contributed by atoms with van der Waals surface area (Å²) in [5.74, 6) is -4.50. The van der Waals surface area contributed by atoms with Gasteiger partial charge in [-0.1, -0.05) is 29.1 Å². The van der Waals surface area contributed by atoms with Gasteiger partial charge in [-0.3, -0.25) is 14.5 Å². The molecule has 4 heterocycles. The van der Waals surface area contributed by atoms with Gasteiger partial charge in [0.15, 0.2) is 16.9 Å². The minimum absolute atomic E-state index is 0.0408. The number of carbonyl (C=O) groups excluding carboxylic acids is 2. The predicted octanol–water partition coefficient (Wildman–Crippen LogP) is -0.252. The molecule has 1 saturated heterocycles. The van der Waals surface area contributed by atoms with Crippen molar-refractivity contribution in [3.05, 3.63) is 58.0 Å². The van der Waals surface area contributed by atoms with Gasteiger partial charge < -0.3 is 31.2 Å². The Labute approximate surface area is 264 Å². The number of hydrogen-bond donors (Lipinski definition) is 5. The number of aliphatic carboxylic acids is 2. The van der Waals surface area contributed by atoms with Crippen LogP contribution < -0.4 is 11.1 Å². The van der Waals surface area contributed by atoms with Crippen molar-refractivity contribution in [2.75, 3.05) is 17.2 Å². The molecule has 0 aliphatic carbocycles. The monoisotopic (exact) mass is 679 g/mol. The number of thiazole rings is 1. The number of aromatic nitrogens is 5. The number of anilines is 1. The molecule has 0 bridgehead atoms. The molecule has 2 amide bonds. The molecule has 1 aromatic carbocycles. The van der Waals surface area contributed by atoms with Gasteiger partial charge in [-0.15, -0.1) is 28.2 Å². The highest BCUT2D eigenvalue weighted by molar-refractivity contribution is 8.01. The molecule has 236 valence electrons. The fourth-order valence-corrected chi connectivity index (χ4v) is 7.08. The number of β-lactam (4-membered cyclic amide) rings is 1. The van der Waals surface area contributed by atoms with E-state index < -0.39 is 53.6 Å². The topological polar surface area (TPSA) is 248 Å². The van der Waals surface area contributed by atoms with Gasteiger partial charge in [0.2, 0.25) is 5.16 Å². The fraction of sp³-hybridized carbons (Fsp3) is 0.292. The average molecular weight is 680 g/mol. The highest BCUT2D eigenvalue weighted by Crippen LogP contribution is 2.41. The zero-order valence-electron chi connectivity index (χ0n) is 22.6. The first-order valence-electron chi connectivity index (χ1n) is 12.7. The van der Waals surface area contributed by atoms with Crippen molar-refractivity contribution < 1.29 is 43.7 Å². The predicted molar refractivity (Wildman–Crippen MR) is 156 cm³/mol. The van der Waals surface area contributed by atoms with E-state index in [1.165, 1.54) is 41.4 Å². The molecule has 2 unspecified atom stereocenters. The summed E-state index contributed by atoms with van der Waals surface area (Å²) < 4.78 is 14.3. The lowest BCUT2D eigenvalue weighted by Gasteiger charge is -2.49. The molecule has 3 aromatic rings. The van der Waals surface area contributed by atoms with Crippen molar-refractivity contribution in [1.29, 1.82) is 0 Å². The van der Waals surface area contributed by atoms with Gasteiger partial charge in [-0.25, -0.2) is 23.6 Å². The highest BCUT2D eigenvalue weighted by atomic mass is 32.2. The van der Waals surface area contributed by atoms with Crippen LogP contribution in [0, 0.1) is 5.82 Å². The number of hydrogen-bond acceptors (Lipinski definition) is 15. The van der Waals surface area contributed by atoms with Crippen LogP contribution in [0.2, 0.25) is 0 Å². The van der Waals surface area contributed by atoms with Crippen LogP contribution in [-0.2, 0) is 37.2 Å². The zero-order chi connectivity index (χ0) is 32.2. The molecule has 1 fully saturated rings. The Morgan fingerprint density at radius 1 is 1.27 bits per heavy atom. The van der Waals surface area contributed by atoms with Crippen LogP contribution in [0.1, 0.15) is 11.3 Å². The second kappa shape index (κ2) is 13.6. The lowest BCUT2D eigenvalue weighted by atomic mass is 10.0. The third-order valence-corrected chi connectivity index (χ3v) is 9.38. The number of fused-ring (bicyclic) bond motifs is 1. The smallest absolute Gasteiger partial charge is 0.352 e. The lowest BCUT2D eigenvalue weighted by Crippen LogP contribution is -2.71. The van der Waals surface area contributed by atoms with Crippen molar-refractivity contribution >= 4 is 69.5 Å². The van der Waals surface area contributed by atoms with Gasteiger partial charge in [0.05, 0.1) is 6.54 Å². The van der Waals surface area contributed by atoms with E-state index in [2.05, 4.69) is 31.0 Å². The summed E-state index contributed by atoms with van der Waals surface area (Å²) in [4.78, 5) is 60.2. The number of aliphatic hydroxyl groups is 1. The first-order valence-corrected chi connectivity index (χ1v) is 15.6. The molecule has 5 rings (SSSR count). The number of carbonyl (C=O) groups is 4. The van der Waals surface area contributed by atoms with E-state index in [-0.39, 0.29) is 45.5 Å². The number of nitrogens with zero attached hydrogens (tertiary/aromatic N) is 7. The summed E-state index contributed by atoms with van der Waals surface area (Å²) in [7, 11) is 0. The second-order valence-electron chi connectivity index (χ2n) is 9.32. The Morgan fingerprint density at radius 2 is 2.02 bits per heavy atom. The van der Waals surface area contributed by atoms with Crippen LogP contribution in [-0.4, -0.2) is 104 Å². The maximum atomic E-state index is 13.3. The number of oxime groups is 1. The highest BCUT2D eigenvalue weighted by Gasteiger charge is 2.54. The summed E-state index contributed by atoms with van der Waals surface area (Å²) in [6.45, 7) is -0.514. The standard InChI is InChI=1S/C24H22FN9O8S3/c25-12-3-1-10(2-4-12)6-42-30-15(13-9-44-23(26)27-13)18(36)28-16-19(37)34-17(22(40)41)11(7-43-20(16)34)8-45-24-29-31-32-33(24)5-14(35)21(38)39/h1-4,9,14,16,20,35H,5-8H2,(H2,26,27)(H,28,36)(H,38,39)(H,40,41)/t14?,16?,20-/m0/s1. The molecule has 21 heteroatoms. The van der Waals surface area contributed by atoms with Gasteiger partial charge in [-0.2, -0.15) is 0 Å². The van der Waals surface area contributed by atoms with Crippen LogP contribution in [0.3, 0.4) is 0 Å². The minimum atomic E-state index is -1.75. The van der Waals surface area contributed by atoms with E-state index in [4.69, 9.17) is 15.7 Å². The molecule has 2 aliphatic rings. The van der Waals surface area contributed by atoms with Gasteiger partial charge >= 0.3 is 11.9 Å². The molecule has 0 radical (unpaired) electrons. The molecule has 6 N–H and O–H groups in total. The molecule has 45 heavy (non-hydrogen) atoms. The summed E-state index contributed by atoms with van der Waals surface area (Å²) in [6.07, 6.45) is -1.75. The Kier molecular flexibility index (Phi) is 9.60. The van der Waals surface area contributed by atoms with E-state index in [0.29, 0.717) is 11.1 Å². The van der Waals surface area contributed by atoms with Crippen molar-refractivity contribution in [3.63, 3.8) is 0 Å². The van der Waals surface area contributed by atoms with Crippen LogP contribution in [0.4, 0.5) is 9.52 Å². The maximum absolute atomic E-state index is 13.3. The molecule has 17 nitrogen and oxygen atoms in total. The second-order valence-corrected chi connectivity index (χ2v) is 12.3. The van der Waals surface area contributed by atoms with E-state index >= 15 is 0 Å². The Morgan fingerprint density at radius 3 is 2.69 bits per heavy atom. The number of aliphatic hydroxyl groups excluding tert-OH is 1. The molecule has 2 aliphatic heterocycles. The van der Waals surface area contributed by atoms with Crippen molar-refractivity contribution in [1.82, 2.24) is 35.4 Å². The van der Waals surface area contributed by atoms with Crippen molar-refractivity contribution in [2.45, 2.75) is 35.8 Å². The number of carboxylic acid groups (broad SMARTS) is 2. The Hall–Kier alpha value is -4.60. The first-order chi connectivity index (χ1) is 21.5. The van der Waals surface area contributed by atoms with Gasteiger partial charge in [0, 0.05) is 16.9 Å². The molecule has 2 aromatic heterocycles. The van der Waals surface area contributed by atoms with Gasteiger partial charge in [0.25, 0.3) is 11.8 Å². The minimum Gasteiger partial charge on any atom is -0.479 e.